The van der Waals surface area contributed by atoms with Gasteiger partial charge >= 0.3 is 6.09 Å². The Morgan fingerprint density at radius 3 is 2.75 bits per heavy atom. The molecule has 0 spiro atoms. The Bertz CT molecular complexity index is 770. The third-order valence-corrected chi connectivity index (χ3v) is 3.77. The summed E-state index contributed by atoms with van der Waals surface area (Å²) >= 11 is 1.21. The summed E-state index contributed by atoms with van der Waals surface area (Å²) in [6, 6.07) is 2.49. The van der Waals surface area contributed by atoms with Crippen molar-refractivity contribution in [2.45, 2.75) is 31.4 Å². The molecule has 130 valence electrons. The maximum Gasteiger partial charge on any atom is 0.407 e. The summed E-state index contributed by atoms with van der Waals surface area (Å²) in [6.07, 6.45) is -0.531. The Kier molecular flexibility index (Phi) is 5.33. The lowest BCUT2D eigenvalue weighted by Crippen LogP contribution is -2.33. The van der Waals surface area contributed by atoms with Crippen LogP contribution in [-0.4, -0.2) is 35.1 Å². The van der Waals surface area contributed by atoms with Gasteiger partial charge in [0, 0.05) is 12.3 Å². The van der Waals surface area contributed by atoms with Crippen LogP contribution in [0, 0.1) is 5.82 Å². The highest BCUT2D eigenvalue weighted by molar-refractivity contribution is 7.99. The molecule has 0 aliphatic rings. The molecule has 0 unspecified atom stereocenters. The van der Waals surface area contributed by atoms with Crippen LogP contribution in [0.4, 0.5) is 9.18 Å². The Balaban J connectivity index is 2.03. The molecule has 0 radical (unpaired) electrons. The van der Waals surface area contributed by atoms with E-state index in [-0.39, 0.29) is 16.5 Å². The number of alkyl carbamates (subject to hydrolysis) is 1. The molecule has 1 aromatic heterocycles. The number of rotatable bonds is 5. The van der Waals surface area contributed by atoms with E-state index < -0.39 is 23.4 Å². The van der Waals surface area contributed by atoms with Gasteiger partial charge in [0.25, 0.3) is 5.91 Å². The molecule has 0 bridgehead atoms. The van der Waals surface area contributed by atoms with E-state index in [4.69, 9.17) is 15.0 Å². The fourth-order valence-electron chi connectivity index (χ4n) is 1.94. The summed E-state index contributed by atoms with van der Waals surface area (Å²) in [6.45, 7) is 5.60. The van der Waals surface area contributed by atoms with Crippen LogP contribution < -0.4 is 11.1 Å². The molecule has 24 heavy (non-hydrogen) atoms. The van der Waals surface area contributed by atoms with Gasteiger partial charge in [-0.2, -0.15) is 0 Å². The monoisotopic (exact) mass is 355 g/mol. The number of nitrogens with zero attached hydrogens (tertiary/aromatic N) is 1. The van der Waals surface area contributed by atoms with Crippen LogP contribution in [0.5, 0.6) is 0 Å². The third kappa shape index (κ3) is 4.38. The minimum absolute atomic E-state index is 0.241. The highest BCUT2D eigenvalue weighted by Gasteiger charge is 2.21. The first-order valence-electron chi connectivity index (χ1n) is 7.16. The normalized spacial score (nSPS) is 11.5. The number of fused-ring (bicyclic) bond motifs is 1. The van der Waals surface area contributed by atoms with Gasteiger partial charge in [0.15, 0.2) is 5.58 Å². The molecular weight excluding hydrogens is 337 g/mol. The number of ether oxygens (including phenoxy) is 1. The number of thioether (sulfide) groups is 1. The van der Waals surface area contributed by atoms with Crippen molar-refractivity contribution in [3.63, 3.8) is 0 Å². The van der Waals surface area contributed by atoms with E-state index in [1.54, 1.807) is 20.8 Å². The van der Waals surface area contributed by atoms with E-state index in [0.29, 0.717) is 17.3 Å². The Labute approximate surface area is 142 Å². The highest BCUT2D eigenvalue weighted by atomic mass is 32.2. The zero-order valence-electron chi connectivity index (χ0n) is 13.5. The smallest absolute Gasteiger partial charge is 0.407 e. The van der Waals surface area contributed by atoms with Crippen molar-refractivity contribution in [2.75, 3.05) is 12.3 Å². The maximum absolute atomic E-state index is 13.8. The van der Waals surface area contributed by atoms with Gasteiger partial charge < -0.3 is 20.3 Å². The molecule has 0 fully saturated rings. The SMILES string of the molecule is CC(C)(C)OC(=O)NCCSc1noc2ccc(F)c(C(N)=O)c12. The topological polar surface area (TPSA) is 107 Å². The summed E-state index contributed by atoms with van der Waals surface area (Å²) in [4.78, 5) is 23.0. The predicted molar refractivity (Wildman–Crippen MR) is 87.4 cm³/mol. The number of nitrogens with one attached hydrogen (secondary N) is 1. The van der Waals surface area contributed by atoms with Gasteiger partial charge in [-0.25, -0.2) is 9.18 Å². The number of primary amides is 1. The average molecular weight is 355 g/mol. The van der Waals surface area contributed by atoms with Crippen LogP contribution in [0.1, 0.15) is 31.1 Å². The molecule has 2 aromatic rings. The number of aromatic nitrogens is 1. The van der Waals surface area contributed by atoms with Crippen LogP contribution in [0.2, 0.25) is 0 Å². The molecule has 7 nitrogen and oxygen atoms in total. The standard InChI is InChI=1S/C15H18FN3O4S/c1-15(2,3)22-14(21)18-6-7-24-13-11-9(23-19-13)5-4-8(16)10(11)12(17)20/h4-5H,6-7H2,1-3H3,(H2,17,20)(H,18,21). The van der Waals surface area contributed by atoms with Crippen molar-refractivity contribution in [2.24, 2.45) is 5.73 Å². The van der Waals surface area contributed by atoms with Crippen molar-refractivity contribution in [1.29, 1.82) is 0 Å². The van der Waals surface area contributed by atoms with E-state index in [1.807, 2.05) is 0 Å². The lowest BCUT2D eigenvalue weighted by Gasteiger charge is -2.19. The average Bonchev–Trinajstić information content (AvgIpc) is 2.84. The molecule has 0 saturated heterocycles. The second-order valence-electron chi connectivity index (χ2n) is 5.92. The van der Waals surface area contributed by atoms with Crippen LogP contribution in [-0.2, 0) is 4.74 Å². The molecule has 2 amide bonds. The number of amides is 2. The zero-order chi connectivity index (χ0) is 17.9. The van der Waals surface area contributed by atoms with Crippen LogP contribution >= 0.6 is 11.8 Å². The molecule has 0 atom stereocenters. The summed E-state index contributed by atoms with van der Waals surface area (Å²) in [5.41, 5.74) is 4.67. The number of carbonyl (C=O) groups excluding carboxylic acids is 2. The second-order valence-corrected chi connectivity index (χ2v) is 7.01. The van der Waals surface area contributed by atoms with Crippen LogP contribution in [0.15, 0.2) is 21.7 Å². The molecule has 9 heteroatoms. The summed E-state index contributed by atoms with van der Waals surface area (Å²) in [5.74, 6) is -1.20. The molecule has 0 saturated carbocycles. The largest absolute Gasteiger partial charge is 0.444 e. The number of benzene rings is 1. The van der Waals surface area contributed by atoms with Gasteiger partial charge in [0.2, 0.25) is 0 Å². The minimum Gasteiger partial charge on any atom is -0.444 e. The quantitative estimate of drug-likeness (QED) is 0.631. The summed E-state index contributed by atoms with van der Waals surface area (Å²) in [5, 5.41) is 7.00. The lowest BCUT2D eigenvalue weighted by molar-refractivity contribution is 0.0531. The molecular formula is C15H18FN3O4S. The minimum atomic E-state index is -0.893. The van der Waals surface area contributed by atoms with Gasteiger partial charge in [0.1, 0.15) is 16.4 Å². The van der Waals surface area contributed by atoms with Gasteiger partial charge in [-0.1, -0.05) is 5.16 Å². The first-order valence-corrected chi connectivity index (χ1v) is 8.15. The third-order valence-electron chi connectivity index (χ3n) is 2.81. The number of halogens is 1. The first kappa shape index (κ1) is 18.1. The lowest BCUT2D eigenvalue weighted by atomic mass is 10.1. The van der Waals surface area contributed by atoms with Crippen molar-refractivity contribution in [1.82, 2.24) is 10.5 Å². The maximum atomic E-state index is 13.8. The predicted octanol–water partition coefficient (Wildman–Crippen LogP) is 2.68. The Hall–Kier alpha value is -2.29. The zero-order valence-corrected chi connectivity index (χ0v) is 14.3. The van der Waals surface area contributed by atoms with Gasteiger partial charge in [0.05, 0.1) is 10.9 Å². The molecule has 0 aliphatic heterocycles. The van der Waals surface area contributed by atoms with E-state index in [9.17, 15) is 14.0 Å². The molecule has 2 rings (SSSR count). The second kappa shape index (κ2) is 7.08. The van der Waals surface area contributed by atoms with Gasteiger partial charge in [-0.05, 0) is 32.9 Å². The molecule has 3 N–H and O–H groups in total. The van der Waals surface area contributed by atoms with E-state index in [2.05, 4.69) is 10.5 Å². The number of nitrogens with two attached hydrogens (primary N) is 1. The van der Waals surface area contributed by atoms with Gasteiger partial charge in [-0.15, -0.1) is 11.8 Å². The molecule has 0 aliphatic carbocycles. The molecule has 1 aromatic carbocycles. The molecule has 1 heterocycles. The Morgan fingerprint density at radius 1 is 1.42 bits per heavy atom. The van der Waals surface area contributed by atoms with Crippen molar-refractivity contribution in [3.8, 4) is 0 Å². The van der Waals surface area contributed by atoms with Crippen molar-refractivity contribution >= 4 is 34.7 Å². The summed E-state index contributed by atoms with van der Waals surface area (Å²) in [7, 11) is 0. The number of carbonyl (C=O) groups is 2. The number of hydrogen-bond acceptors (Lipinski definition) is 6. The first-order chi connectivity index (χ1) is 11.2. The van der Waals surface area contributed by atoms with Crippen molar-refractivity contribution < 1.29 is 23.2 Å². The van der Waals surface area contributed by atoms with E-state index >= 15 is 0 Å². The van der Waals surface area contributed by atoms with Crippen LogP contribution in [0.3, 0.4) is 0 Å². The van der Waals surface area contributed by atoms with Crippen molar-refractivity contribution in [3.05, 3.63) is 23.5 Å². The highest BCUT2D eigenvalue weighted by Crippen LogP contribution is 2.31. The Morgan fingerprint density at radius 2 is 2.12 bits per heavy atom. The fourth-order valence-corrected chi connectivity index (χ4v) is 2.77. The fraction of sp³-hybridized carbons (Fsp3) is 0.400. The summed E-state index contributed by atoms with van der Waals surface area (Å²) < 4.78 is 24.0. The van der Waals surface area contributed by atoms with E-state index in [0.717, 1.165) is 6.07 Å². The number of hydrogen-bond donors (Lipinski definition) is 2. The van der Waals surface area contributed by atoms with Crippen LogP contribution in [0.25, 0.3) is 11.0 Å². The van der Waals surface area contributed by atoms with E-state index in [1.165, 1.54) is 17.8 Å². The van der Waals surface area contributed by atoms with Gasteiger partial charge in [-0.3, -0.25) is 4.79 Å².